The number of benzene rings is 1. The van der Waals surface area contributed by atoms with Gasteiger partial charge in [-0.2, -0.15) is 5.10 Å². The van der Waals surface area contributed by atoms with Gasteiger partial charge in [-0.1, -0.05) is 18.2 Å². The molecule has 2 N–H and O–H groups in total. The Morgan fingerprint density at radius 2 is 2.11 bits per heavy atom. The van der Waals surface area contributed by atoms with Gasteiger partial charge in [-0.05, 0) is 42.9 Å². The van der Waals surface area contributed by atoms with Gasteiger partial charge in [-0.25, -0.2) is 0 Å². The molecular formula is C15H19N3. The fourth-order valence-electron chi connectivity index (χ4n) is 2.75. The lowest BCUT2D eigenvalue weighted by molar-refractivity contribution is 0.678. The second kappa shape index (κ2) is 4.58. The zero-order valence-electron chi connectivity index (χ0n) is 10.8. The average molecular weight is 241 g/mol. The first-order chi connectivity index (χ1) is 8.76. The highest BCUT2D eigenvalue weighted by Gasteiger charge is 2.11. The quantitative estimate of drug-likeness (QED) is 0.895. The van der Waals surface area contributed by atoms with Crippen LogP contribution in [0.15, 0.2) is 24.4 Å². The lowest BCUT2D eigenvalue weighted by atomic mass is 10.1. The summed E-state index contributed by atoms with van der Waals surface area (Å²) >= 11 is 0. The maximum absolute atomic E-state index is 5.68. The molecule has 0 unspecified atom stereocenters. The Morgan fingerprint density at radius 1 is 1.28 bits per heavy atom. The Balaban J connectivity index is 1.83. The molecule has 18 heavy (non-hydrogen) atoms. The largest absolute Gasteiger partial charge is 0.326 e. The van der Waals surface area contributed by atoms with E-state index in [0.29, 0.717) is 6.54 Å². The molecule has 0 aliphatic heterocycles. The van der Waals surface area contributed by atoms with Gasteiger partial charge < -0.3 is 5.73 Å². The zero-order valence-corrected chi connectivity index (χ0v) is 10.8. The van der Waals surface area contributed by atoms with E-state index in [0.717, 1.165) is 17.8 Å². The second-order valence-electron chi connectivity index (χ2n) is 5.10. The maximum atomic E-state index is 5.68. The van der Waals surface area contributed by atoms with E-state index in [1.807, 2.05) is 11.6 Å². The van der Waals surface area contributed by atoms with Gasteiger partial charge in [0.25, 0.3) is 0 Å². The van der Waals surface area contributed by atoms with Crippen LogP contribution in [0.1, 0.15) is 34.4 Å². The molecule has 3 nitrogen and oxygen atoms in total. The zero-order chi connectivity index (χ0) is 12.5. The van der Waals surface area contributed by atoms with E-state index >= 15 is 0 Å². The third-order valence-corrected chi connectivity index (χ3v) is 3.78. The number of hydrogen-bond donors (Lipinski definition) is 1. The summed E-state index contributed by atoms with van der Waals surface area (Å²) in [4.78, 5) is 0. The molecule has 0 amide bonds. The first-order valence-electron chi connectivity index (χ1n) is 6.60. The standard InChI is InChI=1S/C15H19N3/c1-11-15(8-16)10-18(17-11)9-12-5-6-13-3-2-4-14(13)7-12/h5-7,10H,2-4,8-9,16H2,1H3. The van der Waals surface area contributed by atoms with Crippen LogP contribution in [-0.4, -0.2) is 9.78 Å². The number of rotatable bonds is 3. The molecule has 3 heteroatoms. The van der Waals surface area contributed by atoms with Crippen LogP contribution in [0.4, 0.5) is 0 Å². The highest BCUT2D eigenvalue weighted by atomic mass is 15.3. The van der Waals surface area contributed by atoms with Crippen molar-refractivity contribution in [3.8, 4) is 0 Å². The third-order valence-electron chi connectivity index (χ3n) is 3.78. The molecule has 0 saturated carbocycles. The van der Waals surface area contributed by atoms with Gasteiger partial charge in [0.2, 0.25) is 0 Å². The fraction of sp³-hybridized carbons (Fsp3) is 0.400. The fourth-order valence-corrected chi connectivity index (χ4v) is 2.75. The Kier molecular flexibility index (Phi) is 2.92. The summed E-state index contributed by atoms with van der Waals surface area (Å²) in [6.07, 6.45) is 5.84. The molecule has 3 rings (SSSR count). The van der Waals surface area contributed by atoms with Gasteiger partial charge in [0, 0.05) is 18.3 Å². The predicted octanol–water partition coefficient (Wildman–Crippen LogP) is 2.19. The first-order valence-corrected chi connectivity index (χ1v) is 6.60. The molecule has 0 saturated heterocycles. The van der Waals surface area contributed by atoms with Crippen molar-refractivity contribution in [1.29, 1.82) is 0 Å². The van der Waals surface area contributed by atoms with Crippen LogP contribution in [0.3, 0.4) is 0 Å². The molecular weight excluding hydrogens is 222 g/mol. The van der Waals surface area contributed by atoms with Crippen LogP contribution >= 0.6 is 0 Å². The Hall–Kier alpha value is -1.61. The van der Waals surface area contributed by atoms with Crippen molar-refractivity contribution in [2.45, 2.75) is 39.3 Å². The summed E-state index contributed by atoms with van der Waals surface area (Å²) in [5, 5.41) is 4.51. The topological polar surface area (TPSA) is 43.8 Å². The number of aromatic nitrogens is 2. The van der Waals surface area contributed by atoms with Crippen LogP contribution in [0, 0.1) is 6.92 Å². The summed E-state index contributed by atoms with van der Waals surface area (Å²) in [5.41, 5.74) is 12.2. The van der Waals surface area contributed by atoms with Crippen LogP contribution < -0.4 is 5.73 Å². The van der Waals surface area contributed by atoms with E-state index in [-0.39, 0.29) is 0 Å². The monoisotopic (exact) mass is 241 g/mol. The Labute approximate surface area is 108 Å². The molecule has 0 radical (unpaired) electrons. The minimum atomic E-state index is 0.565. The number of aryl methyl sites for hydroxylation is 3. The molecule has 1 aromatic carbocycles. The molecule has 0 bridgehead atoms. The van der Waals surface area contributed by atoms with Crippen molar-refractivity contribution in [3.63, 3.8) is 0 Å². The molecule has 0 fully saturated rings. The van der Waals surface area contributed by atoms with E-state index < -0.39 is 0 Å². The van der Waals surface area contributed by atoms with Crippen LogP contribution in [0.25, 0.3) is 0 Å². The van der Waals surface area contributed by atoms with Crippen LogP contribution in [0.5, 0.6) is 0 Å². The van der Waals surface area contributed by atoms with Crippen molar-refractivity contribution in [2.75, 3.05) is 0 Å². The van der Waals surface area contributed by atoms with Gasteiger partial charge >= 0.3 is 0 Å². The van der Waals surface area contributed by atoms with Gasteiger partial charge in [0.15, 0.2) is 0 Å². The van der Waals surface area contributed by atoms with E-state index in [1.54, 1.807) is 0 Å². The first kappa shape index (κ1) is 11.5. The summed E-state index contributed by atoms with van der Waals surface area (Å²) in [5.74, 6) is 0. The van der Waals surface area contributed by atoms with Gasteiger partial charge in [-0.3, -0.25) is 4.68 Å². The van der Waals surface area contributed by atoms with Crippen molar-refractivity contribution >= 4 is 0 Å². The van der Waals surface area contributed by atoms with E-state index in [2.05, 4.69) is 29.5 Å². The number of hydrogen-bond acceptors (Lipinski definition) is 2. The Bertz CT molecular complexity index is 569. The molecule has 1 aromatic heterocycles. The normalized spacial score (nSPS) is 13.9. The van der Waals surface area contributed by atoms with E-state index in [4.69, 9.17) is 5.73 Å². The molecule has 1 heterocycles. The summed E-state index contributed by atoms with van der Waals surface area (Å²) in [7, 11) is 0. The van der Waals surface area contributed by atoms with Crippen LogP contribution in [0.2, 0.25) is 0 Å². The SMILES string of the molecule is Cc1nn(Cc2ccc3c(c2)CCC3)cc1CN. The summed E-state index contributed by atoms with van der Waals surface area (Å²) in [6.45, 7) is 3.42. The second-order valence-corrected chi connectivity index (χ2v) is 5.10. The van der Waals surface area contributed by atoms with Crippen molar-refractivity contribution in [1.82, 2.24) is 9.78 Å². The highest BCUT2D eigenvalue weighted by molar-refractivity contribution is 5.35. The lowest BCUT2D eigenvalue weighted by Crippen LogP contribution is -2.01. The highest BCUT2D eigenvalue weighted by Crippen LogP contribution is 2.23. The molecule has 0 spiro atoms. The molecule has 1 aliphatic rings. The minimum Gasteiger partial charge on any atom is -0.326 e. The average Bonchev–Trinajstić information content (AvgIpc) is 2.95. The third kappa shape index (κ3) is 2.06. The molecule has 1 aliphatic carbocycles. The van der Waals surface area contributed by atoms with E-state index in [9.17, 15) is 0 Å². The molecule has 2 aromatic rings. The molecule has 94 valence electrons. The number of nitrogens with zero attached hydrogens (tertiary/aromatic N) is 2. The van der Waals surface area contributed by atoms with Gasteiger partial charge in [0.1, 0.15) is 0 Å². The Morgan fingerprint density at radius 3 is 2.89 bits per heavy atom. The minimum absolute atomic E-state index is 0.565. The maximum Gasteiger partial charge on any atom is 0.0659 e. The van der Waals surface area contributed by atoms with Crippen molar-refractivity contribution < 1.29 is 0 Å². The van der Waals surface area contributed by atoms with Gasteiger partial charge in [-0.15, -0.1) is 0 Å². The summed E-state index contributed by atoms with van der Waals surface area (Å²) < 4.78 is 1.99. The molecule has 0 atom stereocenters. The van der Waals surface area contributed by atoms with Crippen molar-refractivity contribution in [2.24, 2.45) is 5.73 Å². The number of nitrogens with two attached hydrogens (primary N) is 1. The predicted molar refractivity (Wildman–Crippen MR) is 72.4 cm³/mol. The van der Waals surface area contributed by atoms with Crippen LogP contribution in [-0.2, 0) is 25.9 Å². The van der Waals surface area contributed by atoms with Crippen molar-refractivity contribution in [3.05, 3.63) is 52.3 Å². The lowest BCUT2D eigenvalue weighted by Gasteiger charge is -2.05. The number of fused-ring (bicyclic) bond motifs is 1. The summed E-state index contributed by atoms with van der Waals surface area (Å²) in [6, 6.07) is 6.84. The smallest absolute Gasteiger partial charge is 0.0659 e. The van der Waals surface area contributed by atoms with Gasteiger partial charge in [0.05, 0.1) is 12.2 Å². The van der Waals surface area contributed by atoms with E-state index in [1.165, 1.54) is 36.0 Å².